The van der Waals surface area contributed by atoms with E-state index in [2.05, 4.69) is 129 Å². The molecule has 0 fully saturated rings. The van der Waals surface area contributed by atoms with E-state index >= 15 is 0 Å². The zero-order chi connectivity index (χ0) is 34.7. The summed E-state index contributed by atoms with van der Waals surface area (Å²) < 4.78 is 2.49. The first-order valence-corrected chi connectivity index (χ1v) is 19.5. The number of pyridine rings is 3. The smallest absolute Gasteiger partial charge is 0.0186 e. The Morgan fingerprint density at radius 2 is 1.10 bits per heavy atom. The number of rotatable bonds is 3. The van der Waals surface area contributed by atoms with Crippen LogP contribution in [-0.4, -0.2) is 15.0 Å². The molecule has 1 aliphatic carbocycles. The van der Waals surface area contributed by atoms with Gasteiger partial charge in [0.2, 0.25) is 0 Å². The summed E-state index contributed by atoms with van der Waals surface area (Å²) in [5.41, 5.74) is 10.6. The zero-order valence-corrected chi connectivity index (χ0v) is 38.4. The molecule has 9 heteroatoms. The molecule has 3 radical (unpaired) electrons. The number of aromatic nitrogens is 3. The predicted molar refractivity (Wildman–Crippen MR) is 247 cm³/mol. The van der Waals surface area contributed by atoms with Crippen molar-refractivity contribution in [2.45, 2.75) is 36.1 Å². The van der Waals surface area contributed by atoms with Crippen LogP contribution in [0.5, 0.6) is 0 Å². The van der Waals surface area contributed by atoms with Gasteiger partial charge in [0.05, 0.1) is 0 Å². The van der Waals surface area contributed by atoms with E-state index < -0.39 is 0 Å². The number of hydrogen-bond donors (Lipinski definition) is 0. The van der Waals surface area contributed by atoms with Crippen molar-refractivity contribution in [1.29, 1.82) is 0 Å². The summed E-state index contributed by atoms with van der Waals surface area (Å²) >= 11 is 5.15. The standard InChI is InChI=1S/C18H12N.C17H10NS.C11H6NS2.4CH4.3Ir/c1-2-6-13(7-3-1)18-17-15(10-11-19-18)12-14-8-4-5-9-16(14)17;1-2-6-14-12(4-1)5-3-7-15(14)16-17-13(8-10-18-16)9-11-19-17;1-2-9(13-6-1)10-11-8(3-5-12-10)4-7-14-11;;;;;;;/h1-6,8-11H,12H2;1-6,8-11H;1,3-7H;4*1H4;;;/q3*-1;;;;;;;. The van der Waals surface area contributed by atoms with E-state index in [1.807, 2.05) is 60.4 Å². The molecular weight excluding hydrogens is 1320 g/mol. The topological polar surface area (TPSA) is 38.7 Å². The van der Waals surface area contributed by atoms with Crippen molar-refractivity contribution < 1.29 is 60.3 Å². The number of hydrogen-bond acceptors (Lipinski definition) is 6. The summed E-state index contributed by atoms with van der Waals surface area (Å²) in [6.07, 6.45) is 6.65. The van der Waals surface area contributed by atoms with Gasteiger partial charge in [0, 0.05) is 94.0 Å². The van der Waals surface area contributed by atoms with Crippen molar-refractivity contribution in [3.63, 3.8) is 0 Å². The molecule has 6 aromatic heterocycles. The molecule has 6 heterocycles. The van der Waals surface area contributed by atoms with E-state index in [1.165, 1.54) is 53.2 Å². The van der Waals surface area contributed by atoms with Crippen LogP contribution in [-0.2, 0) is 66.7 Å². The summed E-state index contributed by atoms with van der Waals surface area (Å²) in [5, 5.41) is 11.2. The quantitative estimate of drug-likeness (QED) is 0.166. The monoisotopic (exact) mass is 1360 g/mol. The second-order valence-corrected chi connectivity index (χ2v) is 14.9. The van der Waals surface area contributed by atoms with E-state index in [-0.39, 0.29) is 90.0 Å². The van der Waals surface area contributed by atoms with Gasteiger partial charge in [-0.1, -0.05) is 88.5 Å². The van der Waals surface area contributed by atoms with Gasteiger partial charge in [0.15, 0.2) is 0 Å². The molecule has 0 N–H and O–H groups in total. The third-order valence-electron chi connectivity index (χ3n) is 9.05. The Morgan fingerprint density at radius 3 is 1.81 bits per heavy atom. The van der Waals surface area contributed by atoms with Crippen LogP contribution in [0, 0.1) is 18.2 Å². The Kier molecular flexibility index (Phi) is 20.7. The van der Waals surface area contributed by atoms with Crippen molar-refractivity contribution in [3.05, 3.63) is 185 Å². The van der Waals surface area contributed by atoms with Gasteiger partial charge in [-0.15, -0.1) is 70.4 Å². The minimum absolute atomic E-state index is 0. The molecule has 0 aliphatic heterocycles. The molecule has 11 rings (SSSR count). The van der Waals surface area contributed by atoms with Crippen LogP contribution < -0.4 is 0 Å². The fraction of sp³-hybridized carbons (Fsp3) is 0.100. The van der Waals surface area contributed by atoms with Crippen molar-refractivity contribution in [2.24, 2.45) is 0 Å². The average molecular weight is 1360 g/mol. The first kappa shape index (κ1) is 51.3. The van der Waals surface area contributed by atoms with Crippen LogP contribution in [0.2, 0.25) is 0 Å². The summed E-state index contributed by atoms with van der Waals surface area (Å²) in [4.78, 5) is 14.7. The van der Waals surface area contributed by atoms with Crippen LogP contribution in [0.3, 0.4) is 0 Å². The van der Waals surface area contributed by atoms with Gasteiger partial charge in [-0.05, 0) is 91.9 Å². The minimum Gasteiger partial charge on any atom is -0.317 e. The molecule has 0 unspecified atom stereocenters. The Bertz CT molecular complexity index is 2790. The summed E-state index contributed by atoms with van der Waals surface area (Å²) in [6.45, 7) is 0. The Labute approximate surface area is 402 Å². The van der Waals surface area contributed by atoms with Crippen molar-refractivity contribution in [3.8, 4) is 44.2 Å². The number of benzene rings is 4. The Morgan fingerprint density at radius 1 is 0.458 bits per heavy atom. The van der Waals surface area contributed by atoms with E-state index in [4.69, 9.17) is 0 Å². The molecule has 3 nitrogen and oxygen atoms in total. The molecule has 10 aromatic rings. The maximum Gasteiger partial charge on any atom is 0.0186 e. The molecule has 307 valence electrons. The van der Waals surface area contributed by atoms with Crippen molar-refractivity contribution in [1.82, 2.24) is 15.0 Å². The fourth-order valence-corrected chi connectivity index (χ4v) is 9.19. The Hall–Kier alpha value is -3.84. The molecule has 0 amide bonds. The second kappa shape index (κ2) is 23.8. The van der Waals surface area contributed by atoms with E-state index in [0.29, 0.717) is 0 Å². The van der Waals surface area contributed by atoms with E-state index in [1.54, 1.807) is 34.0 Å². The van der Waals surface area contributed by atoms with E-state index in [9.17, 15) is 0 Å². The minimum atomic E-state index is 0. The number of thiophene rings is 3. The first-order valence-electron chi connectivity index (χ1n) is 16.8. The fourth-order valence-electron chi connectivity index (χ4n) is 6.67. The van der Waals surface area contributed by atoms with Crippen LogP contribution in [0.1, 0.15) is 40.8 Å². The number of fused-ring (bicyclic) bond motifs is 6. The molecule has 59 heavy (non-hydrogen) atoms. The van der Waals surface area contributed by atoms with Gasteiger partial charge in [0.25, 0.3) is 0 Å². The molecule has 0 spiro atoms. The van der Waals surface area contributed by atoms with E-state index in [0.717, 1.165) is 39.5 Å². The third kappa shape index (κ3) is 10.7. The maximum atomic E-state index is 4.59. The van der Waals surface area contributed by atoms with Crippen molar-refractivity contribution >= 4 is 65.0 Å². The molecular formula is C50H44Ir3N3S3-3. The summed E-state index contributed by atoms with van der Waals surface area (Å²) in [6, 6.07) is 51.3. The van der Waals surface area contributed by atoms with Crippen LogP contribution in [0.4, 0.5) is 0 Å². The summed E-state index contributed by atoms with van der Waals surface area (Å²) in [7, 11) is 0. The van der Waals surface area contributed by atoms with Gasteiger partial charge >= 0.3 is 0 Å². The Balaban J connectivity index is 0.000000291. The van der Waals surface area contributed by atoms with Gasteiger partial charge in [-0.2, -0.15) is 34.8 Å². The first-order chi connectivity index (χ1) is 25.8. The van der Waals surface area contributed by atoms with Crippen LogP contribution in [0.25, 0.3) is 75.2 Å². The van der Waals surface area contributed by atoms with Gasteiger partial charge < -0.3 is 15.0 Å². The number of nitrogens with zero attached hydrogens (tertiary/aromatic N) is 3. The molecule has 0 saturated heterocycles. The second-order valence-electron chi connectivity index (χ2n) is 12.1. The molecule has 1 aliphatic rings. The molecule has 0 atom stereocenters. The van der Waals surface area contributed by atoms with Gasteiger partial charge in [-0.25, -0.2) is 11.3 Å². The largest absolute Gasteiger partial charge is 0.317 e. The van der Waals surface area contributed by atoms with Gasteiger partial charge in [0.1, 0.15) is 0 Å². The van der Waals surface area contributed by atoms with Crippen LogP contribution >= 0.6 is 34.0 Å². The molecule has 4 aromatic carbocycles. The molecule has 0 saturated carbocycles. The molecule has 0 bridgehead atoms. The van der Waals surface area contributed by atoms with Gasteiger partial charge in [-0.3, -0.25) is 0 Å². The predicted octanol–water partition coefficient (Wildman–Crippen LogP) is 15.4. The normalized spacial score (nSPS) is 10.0. The van der Waals surface area contributed by atoms with Crippen LogP contribution in [0.15, 0.2) is 156 Å². The SMILES string of the molecule is C.C.C.C.[Ir].[Ir].[Ir].[c-]1ccc2ccccc2c1-c1nccc2ccsc12.[c-]1ccccc1-c1nccc2c1-c1ccccc1C2.[c-]1ccsc1-c1nccc2ccsc12. The maximum absolute atomic E-state index is 4.59. The third-order valence-corrected chi connectivity index (χ3v) is 11.7. The summed E-state index contributed by atoms with van der Waals surface area (Å²) in [5.74, 6) is 0. The average Bonchev–Trinajstić information content (AvgIpc) is 4.05. The van der Waals surface area contributed by atoms with Crippen molar-refractivity contribution in [2.75, 3.05) is 0 Å². The zero-order valence-electron chi connectivity index (χ0n) is 28.8.